The molecule has 4 aromatic carbocycles. The maximum Gasteiger partial charge on any atom is 0.120 e. The Kier molecular flexibility index (Phi) is 11.5. The van der Waals surface area contributed by atoms with Crippen LogP contribution in [0.3, 0.4) is 0 Å². The van der Waals surface area contributed by atoms with Gasteiger partial charge in [-0.2, -0.15) is 0 Å². The average Bonchev–Trinajstić information content (AvgIpc) is 4.08. The van der Waals surface area contributed by atoms with E-state index in [2.05, 4.69) is 109 Å². The van der Waals surface area contributed by atoms with Crippen LogP contribution in [-0.2, 0) is 20.3 Å². The summed E-state index contributed by atoms with van der Waals surface area (Å²) in [4.78, 5) is 0. The van der Waals surface area contributed by atoms with Gasteiger partial charge in [0.15, 0.2) is 0 Å². The molecule has 6 rings (SSSR count). The van der Waals surface area contributed by atoms with Crippen LogP contribution in [0.5, 0.6) is 23.0 Å². The Morgan fingerprint density at radius 1 is 0.585 bits per heavy atom. The third-order valence-corrected chi connectivity index (χ3v) is 10.9. The first-order chi connectivity index (χ1) is 25.1. The predicted octanol–water partition coefficient (Wildman–Crippen LogP) is 9.44. The molecule has 2 aliphatic rings. The molecule has 0 radical (unpaired) electrons. The molecule has 0 aliphatic carbocycles. The molecule has 7 heteroatoms. The fourth-order valence-corrected chi connectivity index (χ4v) is 6.89. The molecule has 1 N–H and O–H groups in total. The number of hydrogen-bond donors (Lipinski definition) is 1. The Morgan fingerprint density at radius 2 is 0.981 bits per heavy atom. The molecule has 284 valence electrons. The van der Waals surface area contributed by atoms with E-state index in [0.717, 1.165) is 49.1 Å². The highest BCUT2D eigenvalue weighted by molar-refractivity contribution is 5.43. The van der Waals surface area contributed by atoms with E-state index >= 15 is 0 Å². The number of aliphatic hydroxyl groups is 1. The molecule has 2 fully saturated rings. The monoisotopic (exact) mass is 722 g/mol. The van der Waals surface area contributed by atoms with Gasteiger partial charge in [-0.15, -0.1) is 0 Å². The van der Waals surface area contributed by atoms with Crippen molar-refractivity contribution in [3.63, 3.8) is 0 Å². The summed E-state index contributed by atoms with van der Waals surface area (Å²) in [5.41, 5.74) is 3.52. The van der Waals surface area contributed by atoms with Crippen LogP contribution in [0.4, 0.5) is 0 Å². The number of ether oxygens (including phenoxy) is 6. The van der Waals surface area contributed by atoms with Crippen molar-refractivity contribution in [3.8, 4) is 23.0 Å². The van der Waals surface area contributed by atoms with Gasteiger partial charge < -0.3 is 33.5 Å². The molecule has 2 saturated heterocycles. The van der Waals surface area contributed by atoms with Crippen LogP contribution in [0, 0.1) is 0 Å². The molecule has 2 aliphatic heterocycles. The zero-order chi connectivity index (χ0) is 37.9. The van der Waals surface area contributed by atoms with Crippen molar-refractivity contribution >= 4 is 0 Å². The predicted molar refractivity (Wildman–Crippen MR) is 210 cm³/mol. The lowest BCUT2D eigenvalue weighted by Crippen LogP contribution is -2.37. The Morgan fingerprint density at radius 3 is 1.40 bits per heavy atom. The van der Waals surface area contributed by atoms with Crippen LogP contribution in [-0.4, -0.2) is 61.0 Å². The summed E-state index contributed by atoms with van der Waals surface area (Å²) in [7, 11) is 0. The zero-order valence-electron chi connectivity index (χ0n) is 32.8. The molecular weight excluding hydrogens is 664 g/mol. The van der Waals surface area contributed by atoms with E-state index in [4.69, 9.17) is 28.4 Å². The minimum atomic E-state index is -0.694. The van der Waals surface area contributed by atoms with E-state index in [-0.39, 0.29) is 29.1 Å². The molecule has 0 amide bonds. The van der Waals surface area contributed by atoms with Crippen LogP contribution >= 0.6 is 0 Å². The summed E-state index contributed by atoms with van der Waals surface area (Å²) in [5.74, 6) is 3.23. The highest BCUT2D eigenvalue weighted by Crippen LogP contribution is 2.36. The molecule has 0 saturated carbocycles. The SMILES string of the molecule is CCC(C)(CC(O)COc1ccc(C(C)(C)c2ccc(OC(C)(C)CC3CO3)cc2)cc1)Oc1ccc(C(C)(C)c2ccc(OCC3CO3)cc2)cc1. The molecule has 4 unspecified atom stereocenters. The lowest BCUT2D eigenvalue weighted by atomic mass is 9.78. The van der Waals surface area contributed by atoms with Gasteiger partial charge in [0.25, 0.3) is 0 Å². The number of aliphatic hydroxyl groups excluding tert-OH is 1. The standard InChI is InChI=1S/C46H58O7/c1-9-46(8,53-40-24-16-35(17-25-40)45(6,7)33-12-20-38(21-13-33)49-30-42-31-51-42)26-36(47)28-48-37-18-10-32(11-19-37)44(4,5)34-14-22-39(23-15-34)52-43(2,3)27-41-29-50-41/h10-25,36,41-42,47H,9,26-31H2,1-8H3. The Balaban J connectivity index is 0.988. The smallest absolute Gasteiger partial charge is 0.120 e. The van der Waals surface area contributed by atoms with Gasteiger partial charge in [-0.3, -0.25) is 0 Å². The van der Waals surface area contributed by atoms with Gasteiger partial charge in [0.05, 0.1) is 25.4 Å². The van der Waals surface area contributed by atoms with Crippen molar-refractivity contribution in [2.45, 2.75) is 115 Å². The van der Waals surface area contributed by atoms with Gasteiger partial charge in [0.2, 0.25) is 0 Å². The lowest BCUT2D eigenvalue weighted by Gasteiger charge is -2.32. The quantitative estimate of drug-likeness (QED) is 0.0966. The summed E-state index contributed by atoms with van der Waals surface area (Å²) >= 11 is 0. The highest BCUT2D eigenvalue weighted by Gasteiger charge is 2.33. The van der Waals surface area contributed by atoms with Crippen molar-refractivity contribution in [2.75, 3.05) is 26.4 Å². The van der Waals surface area contributed by atoms with Crippen molar-refractivity contribution in [2.24, 2.45) is 0 Å². The van der Waals surface area contributed by atoms with Crippen molar-refractivity contribution in [1.82, 2.24) is 0 Å². The molecule has 0 bridgehead atoms. The topological polar surface area (TPSA) is 82.2 Å². The van der Waals surface area contributed by atoms with Gasteiger partial charge >= 0.3 is 0 Å². The van der Waals surface area contributed by atoms with Gasteiger partial charge in [0, 0.05) is 23.7 Å². The third-order valence-electron chi connectivity index (χ3n) is 10.9. The molecule has 0 spiro atoms. The summed E-state index contributed by atoms with van der Waals surface area (Å²) in [6.45, 7) is 19.6. The van der Waals surface area contributed by atoms with Crippen LogP contribution in [0.15, 0.2) is 97.1 Å². The molecule has 2 heterocycles. The molecule has 0 aromatic heterocycles. The fourth-order valence-electron chi connectivity index (χ4n) is 6.89. The van der Waals surface area contributed by atoms with E-state index in [1.807, 2.05) is 43.3 Å². The second-order valence-electron chi connectivity index (χ2n) is 16.7. The molecule has 4 atom stereocenters. The van der Waals surface area contributed by atoms with Gasteiger partial charge in [-0.1, -0.05) is 83.1 Å². The summed E-state index contributed by atoms with van der Waals surface area (Å²) in [5, 5.41) is 11.1. The second kappa shape index (κ2) is 15.7. The summed E-state index contributed by atoms with van der Waals surface area (Å²) in [6.07, 6.45) is 1.93. The zero-order valence-corrected chi connectivity index (χ0v) is 32.8. The second-order valence-corrected chi connectivity index (χ2v) is 16.7. The largest absolute Gasteiger partial charge is 0.491 e. The Bertz CT molecular complexity index is 1750. The highest BCUT2D eigenvalue weighted by atomic mass is 16.6. The van der Waals surface area contributed by atoms with Crippen LogP contribution in [0.1, 0.15) is 96.9 Å². The number of hydrogen-bond acceptors (Lipinski definition) is 7. The maximum absolute atomic E-state index is 11.1. The fraction of sp³-hybridized carbons (Fsp3) is 0.478. The van der Waals surface area contributed by atoms with E-state index in [9.17, 15) is 5.11 Å². The first-order valence-electron chi connectivity index (χ1n) is 19.1. The van der Waals surface area contributed by atoms with E-state index in [1.54, 1.807) is 0 Å². The van der Waals surface area contributed by atoms with E-state index < -0.39 is 11.7 Å². The van der Waals surface area contributed by atoms with Crippen LogP contribution in [0.25, 0.3) is 0 Å². The Labute approximate surface area is 316 Å². The first kappa shape index (κ1) is 38.7. The molecule has 4 aromatic rings. The number of rotatable bonds is 19. The maximum atomic E-state index is 11.1. The summed E-state index contributed by atoms with van der Waals surface area (Å²) < 4.78 is 35.3. The molecule has 53 heavy (non-hydrogen) atoms. The molecular formula is C46H58O7. The minimum Gasteiger partial charge on any atom is -0.491 e. The van der Waals surface area contributed by atoms with Gasteiger partial charge in [-0.05, 0) is 98.0 Å². The first-order valence-corrected chi connectivity index (χ1v) is 19.1. The number of epoxide rings is 2. The Hall–Kier alpha value is -4.04. The van der Waals surface area contributed by atoms with E-state index in [0.29, 0.717) is 19.1 Å². The lowest BCUT2D eigenvalue weighted by molar-refractivity contribution is 0.00433. The van der Waals surface area contributed by atoms with Crippen LogP contribution < -0.4 is 18.9 Å². The summed E-state index contributed by atoms with van der Waals surface area (Å²) in [6, 6.07) is 33.2. The van der Waals surface area contributed by atoms with Gasteiger partial charge in [-0.25, -0.2) is 0 Å². The average molecular weight is 723 g/mol. The van der Waals surface area contributed by atoms with Gasteiger partial charge in [0.1, 0.15) is 53.5 Å². The van der Waals surface area contributed by atoms with Crippen molar-refractivity contribution in [3.05, 3.63) is 119 Å². The van der Waals surface area contributed by atoms with Crippen LogP contribution in [0.2, 0.25) is 0 Å². The number of benzene rings is 4. The minimum absolute atomic E-state index is 0.178. The van der Waals surface area contributed by atoms with Crippen molar-refractivity contribution < 1.29 is 33.5 Å². The third kappa shape index (κ3) is 10.3. The van der Waals surface area contributed by atoms with E-state index in [1.165, 1.54) is 22.3 Å². The normalized spacial score (nSPS) is 18.8. The van der Waals surface area contributed by atoms with Crippen molar-refractivity contribution in [1.29, 1.82) is 0 Å². The molecule has 7 nitrogen and oxygen atoms in total.